The summed E-state index contributed by atoms with van der Waals surface area (Å²) >= 11 is 11.8. The van der Waals surface area contributed by atoms with E-state index in [1.165, 1.54) is 0 Å². The molecule has 2 N–H and O–H groups in total. The van der Waals surface area contributed by atoms with Crippen molar-refractivity contribution in [1.82, 2.24) is 0 Å². The summed E-state index contributed by atoms with van der Waals surface area (Å²) in [5, 5.41) is 3.88. The monoisotopic (exact) mass is 488 g/mol. The topological polar surface area (TPSA) is 93.7 Å². The number of ether oxygens (including phenoxy) is 2. The SMILES string of the molecule is CC(C)OC(=O)c1cc(NC(=O)Nc2cc(C(=O)OC(C)C)c(Cl)cc2F)c(F)cc1Cl. The number of carbonyl (C=O) groups is 3. The molecule has 0 unspecified atom stereocenters. The number of rotatable bonds is 6. The van der Waals surface area contributed by atoms with Gasteiger partial charge in [-0.15, -0.1) is 0 Å². The van der Waals surface area contributed by atoms with Crippen molar-refractivity contribution in [2.45, 2.75) is 39.9 Å². The Morgan fingerprint density at radius 1 is 0.750 bits per heavy atom. The summed E-state index contributed by atoms with van der Waals surface area (Å²) < 4.78 is 38.5. The van der Waals surface area contributed by atoms with Crippen molar-refractivity contribution in [2.24, 2.45) is 0 Å². The first-order valence-corrected chi connectivity index (χ1v) is 10.1. The van der Waals surface area contributed by atoms with Crippen molar-refractivity contribution in [2.75, 3.05) is 10.6 Å². The number of amides is 2. The van der Waals surface area contributed by atoms with Gasteiger partial charge in [-0.25, -0.2) is 23.2 Å². The minimum absolute atomic E-state index is 0.173. The van der Waals surface area contributed by atoms with Crippen LogP contribution >= 0.6 is 23.2 Å². The maximum absolute atomic E-state index is 14.2. The van der Waals surface area contributed by atoms with Crippen molar-refractivity contribution in [3.05, 3.63) is 57.1 Å². The van der Waals surface area contributed by atoms with E-state index in [0.29, 0.717) is 0 Å². The summed E-state index contributed by atoms with van der Waals surface area (Å²) in [5.74, 6) is -3.51. The highest BCUT2D eigenvalue weighted by molar-refractivity contribution is 6.34. The molecule has 0 bridgehead atoms. The Bertz CT molecular complexity index is 979. The average Bonchev–Trinajstić information content (AvgIpc) is 2.64. The first-order valence-electron chi connectivity index (χ1n) is 9.37. The predicted octanol–water partition coefficient (Wildman–Crippen LogP) is 6.05. The molecule has 0 fully saturated rings. The number of hydrogen-bond acceptors (Lipinski definition) is 5. The van der Waals surface area contributed by atoms with E-state index in [9.17, 15) is 23.2 Å². The molecule has 2 aromatic rings. The van der Waals surface area contributed by atoms with Crippen molar-refractivity contribution in [3.8, 4) is 0 Å². The van der Waals surface area contributed by atoms with Crippen LogP contribution in [0.15, 0.2) is 24.3 Å². The minimum Gasteiger partial charge on any atom is -0.459 e. The molecule has 0 spiro atoms. The molecule has 172 valence electrons. The highest BCUT2D eigenvalue weighted by atomic mass is 35.5. The van der Waals surface area contributed by atoms with Gasteiger partial charge in [0.25, 0.3) is 0 Å². The molecular formula is C21H20Cl2F2N2O5. The van der Waals surface area contributed by atoms with Gasteiger partial charge >= 0.3 is 18.0 Å². The molecule has 11 heteroatoms. The van der Waals surface area contributed by atoms with Gasteiger partial charge in [-0.2, -0.15) is 0 Å². The number of anilines is 2. The molecule has 0 saturated carbocycles. The number of urea groups is 1. The zero-order valence-electron chi connectivity index (χ0n) is 17.5. The van der Waals surface area contributed by atoms with Gasteiger partial charge < -0.3 is 20.1 Å². The minimum atomic E-state index is -1.06. The molecule has 32 heavy (non-hydrogen) atoms. The van der Waals surface area contributed by atoms with E-state index >= 15 is 0 Å². The van der Waals surface area contributed by atoms with Crippen LogP contribution in [-0.2, 0) is 9.47 Å². The molecular weight excluding hydrogens is 469 g/mol. The lowest BCUT2D eigenvalue weighted by Gasteiger charge is -2.14. The van der Waals surface area contributed by atoms with Gasteiger partial charge in [0.2, 0.25) is 0 Å². The lowest BCUT2D eigenvalue weighted by molar-refractivity contribution is 0.0367. The fourth-order valence-corrected chi connectivity index (χ4v) is 2.89. The lowest BCUT2D eigenvalue weighted by atomic mass is 10.2. The Morgan fingerprint density at radius 3 is 1.41 bits per heavy atom. The summed E-state index contributed by atoms with van der Waals surface area (Å²) in [5.41, 5.74) is -1.16. The Morgan fingerprint density at radius 2 is 1.09 bits per heavy atom. The molecule has 0 aromatic heterocycles. The van der Waals surface area contributed by atoms with E-state index in [1.54, 1.807) is 27.7 Å². The second-order valence-corrected chi connectivity index (χ2v) is 7.93. The first-order chi connectivity index (χ1) is 14.9. The van der Waals surface area contributed by atoms with Gasteiger partial charge in [0, 0.05) is 0 Å². The molecule has 2 amide bonds. The van der Waals surface area contributed by atoms with Gasteiger partial charge in [-0.3, -0.25) is 0 Å². The summed E-state index contributed by atoms with van der Waals surface area (Å²) in [6.45, 7) is 6.48. The van der Waals surface area contributed by atoms with E-state index in [-0.39, 0.29) is 21.2 Å². The van der Waals surface area contributed by atoms with Crippen LogP contribution in [0.5, 0.6) is 0 Å². The number of esters is 2. The first kappa shape index (κ1) is 25.4. The summed E-state index contributed by atoms with van der Waals surface area (Å²) in [6, 6.07) is 2.59. The van der Waals surface area contributed by atoms with Gasteiger partial charge in [-0.05, 0) is 52.0 Å². The van der Waals surface area contributed by atoms with E-state index < -0.39 is 53.2 Å². The second kappa shape index (κ2) is 10.6. The zero-order chi connectivity index (χ0) is 24.2. The third-order valence-electron chi connectivity index (χ3n) is 3.74. The average molecular weight is 489 g/mol. The molecule has 2 aromatic carbocycles. The largest absolute Gasteiger partial charge is 0.459 e. The highest BCUT2D eigenvalue weighted by Crippen LogP contribution is 2.27. The fraction of sp³-hybridized carbons (Fsp3) is 0.286. The molecule has 0 radical (unpaired) electrons. The van der Waals surface area contributed by atoms with E-state index in [2.05, 4.69) is 10.6 Å². The normalized spacial score (nSPS) is 10.8. The van der Waals surface area contributed by atoms with Crippen molar-refractivity contribution in [3.63, 3.8) is 0 Å². The van der Waals surface area contributed by atoms with Crippen LogP contribution in [0.4, 0.5) is 25.0 Å². The van der Waals surface area contributed by atoms with Crippen molar-refractivity contribution in [1.29, 1.82) is 0 Å². The number of benzene rings is 2. The van der Waals surface area contributed by atoms with Gasteiger partial charge in [0.15, 0.2) is 0 Å². The van der Waals surface area contributed by atoms with E-state index in [4.69, 9.17) is 32.7 Å². The highest BCUT2D eigenvalue weighted by Gasteiger charge is 2.21. The molecule has 0 aliphatic carbocycles. The Labute approximate surface area is 193 Å². The second-order valence-electron chi connectivity index (χ2n) is 7.11. The molecule has 7 nitrogen and oxygen atoms in total. The lowest BCUT2D eigenvalue weighted by Crippen LogP contribution is -2.22. The third-order valence-corrected chi connectivity index (χ3v) is 4.36. The van der Waals surface area contributed by atoms with Crippen LogP contribution in [0.25, 0.3) is 0 Å². The van der Waals surface area contributed by atoms with Crippen LogP contribution in [0.2, 0.25) is 10.0 Å². The van der Waals surface area contributed by atoms with Crippen molar-refractivity contribution >= 4 is 52.5 Å². The molecule has 0 atom stereocenters. The third kappa shape index (κ3) is 6.54. The summed E-state index contributed by atoms with van der Waals surface area (Å²) in [4.78, 5) is 36.5. The molecule has 0 heterocycles. The maximum atomic E-state index is 14.2. The standard InChI is InChI=1S/C21H20Cl2F2N2O5/c1-9(2)31-19(28)11-5-17(15(24)7-13(11)22)26-21(30)27-18-6-12(14(23)8-16(18)25)20(29)32-10(3)4/h5-10H,1-4H3,(H2,26,27,30). The molecule has 2 rings (SSSR count). The summed E-state index contributed by atoms with van der Waals surface area (Å²) in [6.07, 6.45) is -0.902. The summed E-state index contributed by atoms with van der Waals surface area (Å²) in [7, 11) is 0. The number of carbonyl (C=O) groups excluding carboxylic acids is 3. The fourth-order valence-electron chi connectivity index (χ4n) is 2.43. The van der Waals surface area contributed by atoms with Gasteiger partial charge in [0.1, 0.15) is 11.6 Å². The van der Waals surface area contributed by atoms with E-state index in [1.807, 2.05) is 0 Å². The van der Waals surface area contributed by atoms with Crippen LogP contribution in [0.3, 0.4) is 0 Å². The van der Waals surface area contributed by atoms with Crippen LogP contribution in [0.1, 0.15) is 48.4 Å². The van der Waals surface area contributed by atoms with Crippen molar-refractivity contribution < 1.29 is 32.6 Å². The van der Waals surface area contributed by atoms with Crippen LogP contribution in [-0.4, -0.2) is 30.2 Å². The maximum Gasteiger partial charge on any atom is 0.339 e. The van der Waals surface area contributed by atoms with Gasteiger partial charge in [0.05, 0.1) is 44.8 Å². The number of halogens is 4. The number of hydrogen-bond donors (Lipinski definition) is 2. The quantitative estimate of drug-likeness (QED) is 0.483. The van der Waals surface area contributed by atoms with Crippen LogP contribution in [0, 0.1) is 11.6 Å². The van der Waals surface area contributed by atoms with Crippen LogP contribution < -0.4 is 10.6 Å². The Hall–Kier alpha value is -2.91. The zero-order valence-corrected chi connectivity index (χ0v) is 19.0. The van der Waals surface area contributed by atoms with Gasteiger partial charge in [-0.1, -0.05) is 23.2 Å². The molecule has 0 aliphatic rings. The number of nitrogens with one attached hydrogen (secondary N) is 2. The molecule has 0 aliphatic heterocycles. The Balaban J connectivity index is 2.26. The molecule has 0 saturated heterocycles. The van der Waals surface area contributed by atoms with E-state index in [0.717, 1.165) is 24.3 Å². The predicted molar refractivity (Wildman–Crippen MR) is 117 cm³/mol. The Kier molecular flexibility index (Phi) is 8.40. The smallest absolute Gasteiger partial charge is 0.339 e.